The number of benzene rings is 2. The van der Waals surface area contributed by atoms with Crippen molar-refractivity contribution in [1.29, 1.82) is 0 Å². The Morgan fingerprint density at radius 1 is 1.04 bits per heavy atom. The topological polar surface area (TPSA) is 106 Å². The summed E-state index contributed by atoms with van der Waals surface area (Å²) in [6.45, 7) is 0. The molecule has 2 aromatic carbocycles. The molecule has 2 amide bonds. The summed E-state index contributed by atoms with van der Waals surface area (Å²) in [4.78, 5) is 23.7. The summed E-state index contributed by atoms with van der Waals surface area (Å²) in [5.74, 6) is -2.34. The number of amides is 2. The summed E-state index contributed by atoms with van der Waals surface area (Å²) in [7, 11) is -3.60. The zero-order valence-corrected chi connectivity index (χ0v) is 14.0. The number of rotatable bonds is 7. The first kappa shape index (κ1) is 18.6. The minimum absolute atomic E-state index is 0.128. The van der Waals surface area contributed by atoms with Crippen LogP contribution in [0.3, 0.4) is 0 Å². The lowest BCUT2D eigenvalue weighted by molar-refractivity contribution is -0.119. The third-order valence-electron chi connectivity index (χ3n) is 3.53. The van der Waals surface area contributed by atoms with Gasteiger partial charge in [-0.3, -0.25) is 9.59 Å². The first-order valence-corrected chi connectivity index (χ1v) is 9.08. The van der Waals surface area contributed by atoms with E-state index in [1.54, 1.807) is 18.2 Å². The van der Waals surface area contributed by atoms with Crippen LogP contribution in [0, 0.1) is 5.82 Å². The molecule has 8 heteroatoms. The van der Waals surface area contributed by atoms with E-state index in [-0.39, 0.29) is 22.6 Å². The van der Waals surface area contributed by atoms with Crippen LogP contribution in [0.15, 0.2) is 59.5 Å². The van der Waals surface area contributed by atoms with E-state index in [1.807, 2.05) is 0 Å². The smallest absolute Gasteiger partial charge is 0.251 e. The predicted octanol–water partition coefficient (Wildman–Crippen LogP) is 1.27. The standard InChI is InChI=1S/C17H17FN2O4S/c18-13-8-6-12(7-9-13)17(22)20-15(16(19)21)10-11-25(23,24)14-4-2-1-3-5-14/h1-9,15H,10-11H2,(H2,19,21)(H,20,22)/t15-/m0/s1. The molecule has 0 aliphatic heterocycles. The van der Waals surface area contributed by atoms with Gasteiger partial charge < -0.3 is 11.1 Å². The van der Waals surface area contributed by atoms with Crippen molar-refractivity contribution < 1.29 is 22.4 Å². The van der Waals surface area contributed by atoms with Crippen LogP contribution in [-0.2, 0) is 14.6 Å². The van der Waals surface area contributed by atoms with Gasteiger partial charge in [-0.15, -0.1) is 0 Å². The van der Waals surface area contributed by atoms with Crippen molar-refractivity contribution in [2.45, 2.75) is 17.4 Å². The van der Waals surface area contributed by atoms with Crippen molar-refractivity contribution in [1.82, 2.24) is 5.32 Å². The first-order chi connectivity index (χ1) is 11.8. The van der Waals surface area contributed by atoms with Crippen LogP contribution < -0.4 is 11.1 Å². The van der Waals surface area contributed by atoms with Gasteiger partial charge in [-0.25, -0.2) is 12.8 Å². The summed E-state index contributed by atoms with van der Waals surface area (Å²) in [5.41, 5.74) is 5.38. The molecule has 0 unspecified atom stereocenters. The van der Waals surface area contributed by atoms with E-state index in [9.17, 15) is 22.4 Å². The number of primary amides is 1. The van der Waals surface area contributed by atoms with Crippen molar-refractivity contribution in [3.63, 3.8) is 0 Å². The van der Waals surface area contributed by atoms with E-state index < -0.39 is 33.5 Å². The summed E-state index contributed by atoms with van der Waals surface area (Å²) in [6.07, 6.45) is -0.167. The zero-order valence-electron chi connectivity index (χ0n) is 13.2. The summed E-state index contributed by atoms with van der Waals surface area (Å²) in [6, 6.07) is 11.3. The molecule has 25 heavy (non-hydrogen) atoms. The Bertz CT molecular complexity index is 852. The largest absolute Gasteiger partial charge is 0.368 e. The number of carbonyl (C=O) groups is 2. The monoisotopic (exact) mass is 364 g/mol. The molecule has 2 rings (SSSR count). The van der Waals surface area contributed by atoms with Gasteiger partial charge in [0.1, 0.15) is 11.9 Å². The Labute approximate surface area is 144 Å². The predicted molar refractivity (Wildman–Crippen MR) is 90.0 cm³/mol. The highest BCUT2D eigenvalue weighted by Crippen LogP contribution is 2.12. The van der Waals surface area contributed by atoms with E-state index in [2.05, 4.69) is 5.32 Å². The molecule has 0 spiro atoms. The lowest BCUT2D eigenvalue weighted by atomic mass is 10.1. The molecule has 0 aliphatic carbocycles. The third kappa shape index (κ3) is 5.12. The molecule has 0 aliphatic rings. The summed E-state index contributed by atoms with van der Waals surface area (Å²) >= 11 is 0. The number of nitrogens with two attached hydrogens (primary N) is 1. The SMILES string of the molecule is NC(=O)[C@H](CCS(=O)(=O)c1ccccc1)NC(=O)c1ccc(F)cc1. The second-order valence-electron chi connectivity index (χ2n) is 5.36. The van der Waals surface area contributed by atoms with Gasteiger partial charge in [-0.05, 0) is 42.8 Å². The Hall–Kier alpha value is -2.74. The van der Waals surface area contributed by atoms with Crippen LogP contribution in [0.1, 0.15) is 16.8 Å². The fourth-order valence-electron chi connectivity index (χ4n) is 2.15. The van der Waals surface area contributed by atoms with Crippen molar-refractivity contribution >= 4 is 21.7 Å². The number of carbonyl (C=O) groups excluding carboxylic acids is 2. The normalized spacial score (nSPS) is 12.4. The molecule has 132 valence electrons. The Morgan fingerprint density at radius 3 is 2.20 bits per heavy atom. The molecule has 1 atom stereocenters. The molecular formula is C17H17FN2O4S. The highest BCUT2D eigenvalue weighted by atomic mass is 32.2. The summed E-state index contributed by atoms with van der Waals surface area (Å²) < 4.78 is 37.4. The number of hydrogen-bond donors (Lipinski definition) is 2. The molecule has 6 nitrogen and oxygen atoms in total. The van der Waals surface area contributed by atoms with Crippen molar-refractivity contribution in [3.05, 3.63) is 66.0 Å². The van der Waals surface area contributed by atoms with Gasteiger partial charge in [0.2, 0.25) is 5.91 Å². The van der Waals surface area contributed by atoms with Crippen molar-refractivity contribution in [3.8, 4) is 0 Å². The number of sulfone groups is 1. The van der Waals surface area contributed by atoms with Gasteiger partial charge in [0.05, 0.1) is 10.6 Å². The maximum Gasteiger partial charge on any atom is 0.251 e. The molecule has 0 fully saturated rings. The van der Waals surface area contributed by atoms with Gasteiger partial charge >= 0.3 is 0 Å². The van der Waals surface area contributed by atoms with Crippen LogP contribution in [0.5, 0.6) is 0 Å². The van der Waals surface area contributed by atoms with Gasteiger partial charge in [-0.1, -0.05) is 18.2 Å². The van der Waals surface area contributed by atoms with Gasteiger partial charge in [-0.2, -0.15) is 0 Å². The Kier molecular flexibility index (Phi) is 5.87. The third-order valence-corrected chi connectivity index (χ3v) is 5.30. The van der Waals surface area contributed by atoms with E-state index >= 15 is 0 Å². The molecule has 0 saturated carbocycles. The van der Waals surface area contributed by atoms with Crippen molar-refractivity contribution in [2.24, 2.45) is 5.73 Å². The van der Waals surface area contributed by atoms with E-state index in [0.29, 0.717) is 0 Å². The molecule has 0 aromatic heterocycles. The lowest BCUT2D eigenvalue weighted by Crippen LogP contribution is -2.45. The fraction of sp³-hybridized carbons (Fsp3) is 0.176. The van der Waals surface area contributed by atoms with E-state index in [0.717, 1.165) is 12.1 Å². The summed E-state index contributed by atoms with van der Waals surface area (Å²) in [5, 5.41) is 2.38. The minimum Gasteiger partial charge on any atom is -0.368 e. The highest BCUT2D eigenvalue weighted by molar-refractivity contribution is 7.91. The lowest BCUT2D eigenvalue weighted by Gasteiger charge is -2.15. The average Bonchev–Trinajstić information content (AvgIpc) is 2.59. The van der Waals surface area contributed by atoms with Gasteiger partial charge in [0.25, 0.3) is 5.91 Å². The van der Waals surface area contributed by atoms with Crippen LogP contribution in [-0.4, -0.2) is 32.0 Å². The van der Waals surface area contributed by atoms with E-state index in [1.165, 1.54) is 24.3 Å². The quantitative estimate of drug-likeness (QED) is 0.772. The Balaban J connectivity index is 2.05. The molecule has 3 N–H and O–H groups in total. The zero-order chi connectivity index (χ0) is 18.4. The first-order valence-electron chi connectivity index (χ1n) is 7.43. The van der Waals surface area contributed by atoms with E-state index in [4.69, 9.17) is 5.73 Å². The molecular weight excluding hydrogens is 347 g/mol. The van der Waals surface area contributed by atoms with Crippen LogP contribution in [0.25, 0.3) is 0 Å². The van der Waals surface area contributed by atoms with Crippen LogP contribution >= 0.6 is 0 Å². The maximum absolute atomic E-state index is 12.9. The van der Waals surface area contributed by atoms with Crippen LogP contribution in [0.4, 0.5) is 4.39 Å². The maximum atomic E-state index is 12.9. The molecule has 0 heterocycles. The van der Waals surface area contributed by atoms with Gasteiger partial charge in [0, 0.05) is 5.56 Å². The minimum atomic E-state index is -3.60. The number of nitrogens with one attached hydrogen (secondary N) is 1. The van der Waals surface area contributed by atoms with Crippen LogP contribution in [0.2, 0.25) is 0 Å². The molecule has 0 radical (unpaired) electrons. The molecule has 0 saturated heterocycles. The van der Waals surface area contributed by atoms with Gasteiger partial charge in [0.15, 0.2) is 9.84 Å². The second kappa shape index (κ2) is 7.89. The number of halogens is 1. The fourth-order valence-corrected chi connectivity index (χ4v) is 3.50. The van der Waals surface area contributed by atoms with Crippen molar-refractivity contribution in [2.75, 3.05) is 5.75 Å². The number of hydrogen-bond acceptors (Lipinski definition) is 4. The Morgan fingerprint density at radius 2 is 1.64 bits per heavy atom. The second-order valence-corrected chi connectivity index (χ2v) is 7.47. The average molecular weight is 364 g/mol. The molecule has 2 aromatic rings. The molecule has 0 bridgehead atoms. The highest BCUT2D eigenvalue weighted by Gasteiger charge is 2.23.